The zero-order valence-corrected chi connectivity index (χ0v) is 16.6. The minimum atomic E-state index is -0.125. The summed E-state index contributed by atoms with van der Waals surface area (Å²) in [6.07, 6.45) is 0. The van der Waals surface area contributed by atoms with Crippen molar-refractivity contribution in [3.05, 3.63) is 76.6 Å². The molecule has 0 aliphatic heterocycles. The van der Waals surface area contributed by atoms with E-state index in [4.69, 9.17) is 0 Å². The van der Waals surface area contributed by atoms with E-state index in [9.17, 15) is 4.79 Å². The second-order valence-corrected chi connectivity index (χ2v) is 7.09. The van der Waals surface area contributed by atoms with Crippen LogP contribution in [-0.4, -0.2) is 29.8 Å². The highest BCUT2D eigenvalue weighted by Gasteiger charge is 2.16. The average Bonchev–Trinajstić information content (AvgIpc) is 2.89. The lowest BCUT2D eigenvalue weighted by Crippen LogP contribution is -2.15. The Morgan fingerprint density at radius 1 is 1.07 bits per heavy atom. The summed E-state index contributed by atoms with van der Waals surface area (Å²) < 4.78 is 1.94. The third-order valence-electron chi connectivity index (χ3n) is 4.66. The molecule has 5 nitrogen and oxygen atoms in total. The first-order valence-electron chi connectivity index (χ1n) is 9.03. The maximum Gasteiger partial charge on any atom is 0.255 e. The van der Waals surface area contributed by atoms with Gasteiger partial charge in [0.15, 0.2) is 0 Å². The predicted molar refractivity (Wildman–Crippen MR) is 111 cm³/mol. The van der Waals surface area contributed by atoms with Crippen LogP contribution in [-0.2, 0) is 6.54 Å². The highest BCUT2D eigenvalue weighted by Crippen LogP contribution is 2.22. The van der Waals surface area contributed by atoms with Crippen molar-refractivity contribution in [2.24, 2.45) is 0 Å². The van der Waals surface area contributed by atoms with Crippen molar-refractivity contribution < 1.29 is 4.79 Å². The highest BCUT2D eigenvalue weighted by atomic mass is 16.1. The van der Waals surface area contributed by atoms with E-state index in [2.05, 4.69) is 41.6 Å². The van der Waals surface area contributed by atoms with Gasteiger partial charge in [-0.05, 0) is 44.5 Å². The molecule has 0 radical (unpaired) electrons. The number of aromatic nitrogens is 2. The molecule has 0 aliphatic rings. The Labute approximate surface area is 160 Å². The molecule has 5 heteroatoms. The van der Waals surface area contributed by atoms with Gasteiger partial charge in [-0.2, -0.15) is 5.10 Å². The second-order valence-electron chi connectivity index (χ2n) is 7.09. The molecule has 0 atom stereocenters. The molecule has 0 saturated heterocycles. The van der Waals surface area contributed by atoms with E-state index in [-0.39, 0.29) is 5.91 Å². The molecular weight excluding hydrogens is 336 g/mol. The lowest BCUT2D eigenvalue weighted by molar-refractivity contribution is 0.102. The minimum absolute atomic E-state index is 0.125. The van der Waals surface area contributed by atoms with Gasteiger partial charge in [0.2, 0.25) is 0 Å². The van der Waals surface area contributed by atoms with Crippen LogP contribution in [0.5, 0.6) is 0 Å². The Hall–Kier alpha value is -3.08. The van der Waals surface area contributed by atoms with Crippen LogP contribution in [0.1, 0.15) is 32.9 Å². The van der Waals surface area contributed by atoms with E-state index in [0.717, 1.165) is 22.8 Å². The molecule has 3 rings (SSSR count). The SMILES string of the molecule is Cc1cccc(Cn2nc(C)c(NC(=O)c3cccc(N(C)C)c3)c2C)c1. The van der Waals surface area contributed by atoms with Crippen molar-refractivity contribution in [1.29, 1.82) is 0 Å². The van der Waals surface area contributed by atoms with Gasteiger partial charge in [0.05, 0.1) is 23.6 Å². The van der Waals surface area contributed by atoms with Crippen LogP contribution < -0.4 is 10.2 Å². The third kappa shape index (κ3) is 4.19. The maximum absolute atomic E-state index is 12.7. The van der Waals surface area contributed by atoms with E-state index in [1.54, 1.807) is 0 Å². The standard InChI is InChI=1S/C22H26N4O/c1-15-8-6-9-18(12-15)14-26-17(3)21(16(2)24-26)23-22(27)19-10-7-11-20(13-19)25(4)5/h6-13H,14H2,1-5H3,(H,23,27). The smallest absolute Gasteiger partial charge is 0.255 e. The molecule has 1 amide bonds. The van der Waals surface area contributed by atoms with E-state index in [1.807, 2.05) is 61.8 Å². The van der Waals surface area contributed by atoms with Crippen LogP contribution in [0.25, 0.3) is 0 Å². The first-order valence-corrected chi connectivity index (χ1v) is 9.03. The number of rotatable bonds is 5. The van der Waals surface area contributed by atoms with Crippen LogP contribution >= 0.6 is 0 Å². The van der Waals surface area contributed by atoms with Crippen molar-refractivity contribution >= 4 is 17.3 Å². The summed E-state index contributed by atoms with van der Waals surface area (Å²) in [5.74, 6) is -0.125. The molecule has 0 fully saturated rings. The van der Waals surface area contributed by atoms with Gasteiger partial charge in [-0.25, -0.2) is 0 Å². The number of benzene rings is 2. The van der Waals surface area contributed by atoms with E-state index in [0.29, 0.717) is 12.1 Å². The summed E-state index contributed by atoms with van der Waals surface area (Å²) in [4.78, 5) is 14.7. The monoisotopic (exact) mass is 362 g/mol. The zero-order chi connectivity index (χ0) is 19.6. The molecular formula is C22H26N4O. The van der Waals surface area contributed by atoms with Crippen molar-refractivity contribution in [3.63, 3.8) is 0 Å². The molecule has 0 spiro atoms. The molecule has 0 aliphatic carbocycles. The fourth-order valence-electron chi connectivity index (χ4n) is 3.13. The van der Waals surface area contributed by atoms with Crippen LogP contribution in [0.15, 0.2) is 48.5 Å². The highest BCUT2D eigenvalue weighted by molar-refractivity contribution is 6.05. The van der Waals surface area contributed by atoms with Gasteiger partial charge >= 0.3 is 0 Å². The van der Waals surface area contributed by atoms with Crippen molar-refractivity contribution in [2.45, 2.75) is 27.3 Å². The van der Waals surface area contributed by atoms with Gasteiger partial charge in [-0.15, -0.1) is 0 Å². The summed E-state index contributed by atoms with van der Waals surface area (Å²) in [5.41, 5.74) is 6.59. The first-order chi connectivity index (χ1) is 12.8. The van der Waals surface area contributed by atoms with Crippen LogP contribution in [0.4, 0.5) is 11.4 Å². The number of amides is 1. The molecule has 0 unspecified atom stereocenters. The quantitative estimate of drug-likeness (QED) is 0.741. The lowest BCUT2D eigenvalue weighted by Gasteiger charge is -2.13. The molecule has 1 N–H and O–H groups in total. The number of aryl methyl sites for hydroxylation is 2. The van der Waals surface area contributed by atoms with E-state index in [1.165, 1.54) is 11.1 Å². The number of nitrogens with one attached hydrogen (secondary N) is 1. The van der Waals surface area contributed by atoms with Gasteiger partial charge < -0.3 is 10.2 Å². The Bertz CT molecular complexity index is 972. The molecule has 2 aromatic carbocycles. The summed E-state index contributed by atoms with van der Waals surface area (Å²) in [5, 5.41) is 7.66. The predicted octanol–water partition coefficient (Wildman–Crippen LogP) is 4.17. The number of carbonyl (C=O) groups excluding carboxylic acids is 1. The van der Waals surface area contributed by atoms with Crippen molar-refractivity contribution in [1.82, 2.24) is 9.78 Å². The summed E-state index contributed by atoms with van der Waals surface area (Å²) in [6, 6.07) is 16.0. The fraction of sp³-hybridized carbons (Fsp3) is 0.273. The largest absolute Gasteiger partial charge is 0.378 e. The summed E-state index contributed by atoms with van der Waals surface area (Å²) in [7, 11) is 3.92. The van der Waals surface area contributed by atoms with E-state index >= 15 is 0 Å². The first kappa shape index (κ1) is 18.7. The fourth-order valence-corrected chi connectivity index (χ4v) is 3.13. The van der Waals surface area contributed by atoms with Gasteiger partial charge in [0, 0.05) is 25.3 Å². The Morgan fingerprint density at radius 3 is 2.52 bits per heavy atom. The molecule has 1 heterocycles. The Balaban J connectivity index is 1.82. The number of carbonyl (C=O) groups is 1. The number of hydrogen-bond acceptors (Lipinski definition) is 3. The molecule has 3 aromatic rings. The minimum Gasteiger partial charge on any atom is -0.378 e. The van der Waals surface area contributed by atoms with Crippen molar-refractivity contribution in [2.75, 3.05) is 24.3 Å². The second kappa shape index (κ2) is 7.66. The zero-order valence-electron chi connectivity index (χ0n) is 16.6. The summed E-state index contributed by atoms with van der Waals surface area (Å²) >= 11 is 0. The van der Waals surface area contributed by atoms with Crippen LogP contribution in [0.2, 0.25) is 0 Å². The summed E-state index contributed by atoms with van der Waals surface area (Å²) in [6.45, 7) is 6.67. The number of nitrogens with zero attached hydrogens (tertiary/aromatic N) is 3. The molecule has 0 saturated carbocycles. The normalized spacial score (nSPS) is 10.7. The average molecular weight is 362 g/mol. The van der Waals surface area contributed by atoms with Crippen LogP contribution in [0.3, 0.4) is 0 Å². The maximum atomic E-state index is 12.7. The van der Waals surface area contributed by atoms with Gasteiger partial charge in [0.1, 0.15) is 0 Å². The lowest BCUT2D eigenvalue weighted by atomic mass is 10.1. The molecule has 1 aromatic heterocycles. The Morgan fingerprint density at radius 2 is 1.81 bits per heavy atom. The number of hydrogen-bond donors (Lipinski definition) is 1. The van der Waals surface area contributed by atoms with Gasteiger partial charge in [-0.3, -0.25) is 9.48 Å². The number of anilines is 2. The van der Waals surface area contributed by atoms with E-state index < -0.39 is 0 Å². The third-order valence-corrected chi connectivity index (χ3v) is 4.66. The Kier molecular flexibility index (Phi) is 5.31. The van der Waals surface area contributed by atoms with Gasteiger partial charge in [-0.1, -0.05) is 35.9 Å². The molecule has 140 valence electrons. The molecule has 27 heavy (non-hydrogen) atoms. The topological polar surface area (TPSA) is 50.2 Å². The van der Waals surface area contributed by atoms with Crippen molar-refractivity contribution in [3.8, 4) is 0 Å². The van der Waals surface area contributed by atoms with Gasteiger partial charge in [0.25, 0.3) is 5.91 Å². The molecule has 0 bridgehead atoms. The van der Waals surface area contributed by atoms with Crippen LogP contribution in [0, 0.1) is 20.8 Å².